The van der Waals surface area contributed by atoms with Gasteiger partial charge in [0.15, 0.2) is 17.3 Å². The number of hydrogen-bond acceptors (Lipinski definition) is 3. The molecule has 2 aromatic rings. The van der Waals surface area contributed by atoms with Crippen LogP contribution in [0.1, 0.15) is 12.8 Å². The summed E-state index contributed by atoms with van der Waals surface area (Å²) in [6.07, 6.45) is 2.10. The maximum absolute atomic E-state index is 13.5. The first kappa shape index (κ1) is 10.6. The molecule has 0 spiro atoms. The van der Waals surface area contributed by atoms with E-state index in [1.165, 1.54) is 6.07 Å². The third-order valence-electron chi connectivity index (χ3n) is 3.25. The molecule has 1 unspecified atom stereocenters. The van der Waals surface area contributed by atoms with Crippen molar-refractivity contribution >= 4 is 16.9 Å². The summed E-state index contributed by atoms with van der Waals surface area (Å²) >= 11 is 0. The Morgan fingerprint density at radius 1 is 1.41 bits per heavy atom. The van der Waals surface area contributed by atoms with E-state index in [1.807, 2.05) is 12.1 Å². The third-order valence-corrected chi connectivity index (χ3v) is 3.25. The van der Waals surface area contributed by atoms with Gasteiger partial charge in [0.1, 0.15) is 0 Å². The molecule has 3 nitrogen and oxygen atoms in total. The van der Waals surface area contributed by atoms with Crippen molar-refractivity contribution in [3.63, 3.8) is 0 Å². The fourth-order valence-electron chi connectivity index (χ4n) is 2.38. The number of rotatable bonds is 1. The third kappa shape index (κ3) is 1.89. The molecule has 90 valence electrons. The van der Waals surface area contributed by atoms with Gasteiger partial charge in [-0.3, -0.25) is 0 Å². The van der Waals surface area contributed by atoms with Gasteiger partial charge in [0, 0.05) is 30.6 Å². The minimum atomic E-state index is -0.310. The summed E-state index contributed by atoms with van der Waals surface area (Å²) in [6.45, 7) is 1.70. The zero-order valence-corrected chi connectivity index (χ0v) is 9.53. The van der Waals surface area contributed by atoms with Crippen molar-refractivity contribution in [3.8, 4) is 0 Å². The van der Waals surface area contributed by atoms with Crippen molar-refractivity contribution < 1.29 is 8.81 Å². The highest BCUT2D eigenvalue weighted by Crippen LogP contribution is 2.29. The van der Waals surface area contributed by atoms with Crippen LogP contribution in [0.2, 0.25) is 0 Å². The van der Waals surface area contributed by atoms with Crippen LogP contribution in [-0.2, 0) is 0 Å². The number of hydrogen-bond donors (Lipinski definition) is 1. The molecule has 2 heterocycles. The number of benzene rings is 1. The highest BCUT2D eigenvalue weighted by Gasteiger charge is 2.20. The van der Waals surface area contributed by atoms with E-state index in [0.29, 0.717) is 5.58 Å². The maximum atomic E-state index is 13.5. The molecule has 2 N–H and O–H groups in total. The molecule has 0 aliphatic carbocycles. The molecule has 1 saturated heterocycles. The van der Waals surface area contributed by atoms with Crippen molar-refractivity contribution in [2.24, 2.45) is 5.73 Å². The Balaban J connectivity index is 1.97. The lowest BCUT2D eigenvalue weighted by Gasteiger charge is -2.30. The highest BCUT2D eigenvalue weighted by molar-refractivity contribution is 5.81. The maximum Gasteiger partial charge on any atom is 0.196 e. The zero-order valence-electron chi connectivity index (χ0n) is 9.53. The second-order valence-electron chi connectivity index (χ2n) is 4.59. The van der Waals surface area contributed by atoms with Crippen molar-refractivity contribution in [2.45, 2.75) is 18.9 Å². The normalized spacial score (nSPS) is 21.1. The summed E-state index contributed by atoms with van der Waals surface area (Å²) in [4.78, 5) is 2.09. The predicted molar refractivity (Wildman–Crippen MR) is 65.6 cm³/mol. The van der Waals surface area contributed by atoms with Gasteiger partial charge in [-0.2, -0.15) is 0 Å². The predicted octanol–water partition coefficient (Wildman–Crippen LogP) is 2.50. The first-order valence-electron chi connectivity index (χ1n) is 5.92. The van der Waals surface area contributed by atoms with Crippen LogP contribution in [0.25, 0.3) is 11.0 Å². The van der Waals surface area contributed by atoms with E-state index >= 15 is 0 Å². The van der Waals surface area contributed by atoms with Crippen molar-refractivity contribution in [2.75, 3.05) is 18.0 Å². The van der Waals surface area contributed by atoms with Gasteiger partial charge in [-0.05, 0) is 18.9 Å². The van der Waals surface area contributed by atoms with Gasteiger partial charge in [0.2, 0.25) is 0 Å². The van der Waals surface area contributed by atoms with Gasteiger partial charge in [0.25, 0.3) is 0 Å². The number of nitrogens with two attached hydrogens (primary N) is 1. The Bertz CT molecular complexity index is 537. The Morgan fingerprint density at radius 2 is 2.29 bits per heavy atom. The number of fused-ring (bicyclic) bond motifs is 1. The molecule has 1 atom stereocenters. The second kappa shape index (κ2) is 4.04. The number of nitrogens with zero attached hydrogens (tertiary/aromatic N) is 1. The molecule has 0 radical (unpaired) electrons. The van der Waals surface area contributed by atoms with Gasteiger partial charge >= 0.3 is 0 Å². The van der Waals surface area contributed by atoms with Crippen LogP contribution >= 0.6 is 0 Å². The molecule has 1 aliphatic heterocycles. The van der Waals surface area contributed by atoms with E-state index < -0.39 is 0 Å². The zero-order chi connectivity index (χ0) is 11.8. The quantitative estimate of drug-likeness (QED) is 0.824. The first-order chi connectivity index (χ1) is 8.24. The number of halogens is 1. The molecular weight excluding hydrogens is 219 g/mol. The summed E-state index contributed by atoms with van der Waals surface area (Å²) in [6, 6.07) is 7.03. The molecule has 1 aromatic carbocycles. The fourth-order valence-corrected chi connectivity index (χ4v) is 2.38. The number of para-hydroxylation sites is 1. The lowest BCUT2D eigenvalue weighted by atomic mass is 10.1. The van der Waals surface area contributed by atoms with Crippen LogP contribution in [0.4, 0.5) is 10.3 Å². The van der Waals surface area contributed by atoms with E-state index in [9.17, 15) is 4.39 Å². The Kier molecular flexibility index (Phi) is 2.52. The molecule has 4 heteroatoms. The molecule has 0 saturated carbocycles. The van der Waals surface area contributed by atoms with E-state index in [0.717, 1.165) is 37.2 Å². The molecule has 1 fully saturated rings. The summed E-state index contributed by atoms with van der Waals surface area (Å²) in [5, 5.41) is 0.805. The topological polar surface area (TPSA) is 42.4 Å². The molecular formula is C13H15FN2O. The number of furan rings is 1. The molecule has 0 bridgehead atoms. The van der Waals surface area contributed by atoms with Crippen molar-refractivity contribution in [1.82, 2.24) is 0 Å². The van der Waals surface area contributed by atoms with Crippen LogP contribution in [0.15, 0.2) is 28.7 Å². The largest absolute Gasteiger partial charge is 0.437 e. The van der Waals surface area contributed by atoms with Crippen LogP contribution in [0.5, 0.6) is 0 Å². The molecule has 3 rings (SSSR count). The van der Waals surface area contributed by atoms with Gasteiger partial charge in [0.05, 0.1) is 0 Å². The van der Waals surface area contributed by atoms with Crippen molar-refractivity contribution in [3.05, 3.63) is 30.1 Å². The monoisotopic (exact) mass is 234 g/mol. The number of piperidine rings is 1. The highest BCUT2D eigenvalue weighted by atomic mass is 19.1. The minimum Gasteiger partial charge on any atom is -0.437 e. The van der Waals surface area contributed by atoms with Gasteiger partial charge < -0.3 is 15.1 Å². The van der Waals surface area contributed by atoms with Gasteiger partial charge in [-0.25, -0.2) is 4.39 Å². The van der Waals surface area contributed by atoms with E-state index in [2.05, 4.69) is 4.90 Å². The average molecular weight is 234 g/mol. The van der Waals surface area contributed by atoms with Crippen molar-refractivity contribution in [1.29, 1.82) is 0 Å². The Morgan fingerprint density at radius 3 is 3.06 bits per heavy atom. The van der Waals surface area contributed by atoms with E-state index in [4.69, 9.17) is 10.2 Å². The lowest BCUT2D eigenvalue weighted by molar-refractivity contribution is 0.469. The molecule has 1 aromatic heterocycles. The van der Waals surface area contributed by atoms with Gasteiger partial charge in [-0.15, -0.1) is 0 Å². The average Bonchev–Trinajstić information content (AvgIpc) is 2.74. The summed E-state index contributed by atoms with van der Waals surface area (Å²) in [5.41, 5.74) is 6.26. The molecule has 17 heavy (non-hydrogen) atoms. The minimum absolute atomic E-state index is 0.182. The van der Waals surface area contributed by atoms with Crippen LogP contribution in [0, 0.1) is 5.82 Å². The second-order valence-corrected chi connectivity index (χ2v) is 4.59. The van der Waals surface area contributed by atoms with E-state index in [-0.39, 0.29) is 11.9 Å². The summed E-state index contributed by atoms with van der Waals surface area (Å²) in [5.74, 6) is 0.412. The standard InChI is InChI=1S/C13H15FN2O/c14-11-5-1-3-9-7-12(17-13(9)11)16-6-2-4-10(15)8-16/h1,3,5,7,10H,2,4,6,8,15H2. The Labute approximate surface area is 99.0 Å². The van der Waals surface area contributed by atoms with Crippen LogP contribution < -0.4 is 10.6 Å². The Hall–Kier alpha value is -1.55. The summed E-state index contributed by atoms with van der Waals surface area (Å²) < 4.78 is 19.1. The smallest absolute Gasteiger partial charge is 0.196 e. The SMILES string of the molecule is NC1CCCN(c2cc3cccc(F)c3o2)C1. The van der Waals surface area contributed by atoms with Gasteiger partial charge in [-0.1, -0.05) is 12.1 Å². The van der Waals surface area contributed by atoms with E-state index in [1.54, 1.807) is 6.07 Å². The lowest BCUT2D eigenvalue weighted by Crippen LogP contribution is -2.42. The fraction of sp³-hybridized carbons (Fsp3) is 0.385. The molecule has 1 aliphatic rings. The van der Waals surface area contributed by atoms with Crippen LogP contribution in [0.3, 0.4) is 0 Å². The summed E-state index contributed by atoms with van der Waals surface area (Å²) in [7, 11) is 0. The first-order valence-corrected chi connectivity index (χ1v) is 5.92. The van der Waals surface area contributed by atoms with Crippen LogP contribution in [-0.4, -0.2) is 19.1 Å². The molecule has 0 amide bonds. The number of anilines is 1.